The Bertz CT molecular complexity index is 418. The van der Waals surface area contributed by atoms with E-state index in [-0.39, 0.29) is 24.0 Å². The van der Waals surface area contributed by atoms with E-state index in [1.165, 1.54) is 5.56 Å². The predicted octanol–water partition coefficient (Wildman–Crippen LogP) is 2.60. The molecule has 0 saturated heterocycles. The van der Waals surface area contributed by atoms with E-state index in [0.717, 1.165) is 25.5 Å². The summed E-state index contributed by atoms with van der Waals surface area (Å²) in [4.78, 5) is 6.53. The maximum atomic E-state index is 4.27. The summed E-state index contributed by atoms with van der Waals surface area (Å²) in [6.45, 7) is 6.20. The minimum atomic E-state index is 0. The van der Waals surface area contributed by atoms with Crippen molar-refractivity contribution in [1.29, 1.82) is 0 Å². The molecule has 0 radical (unpaired) electrons. The van der Waals surface area contributed by atoms with Crippen LogP contribution in [0.4, 0.5) is 0 Å². The van der Waals surface area contributed by atoms with Gasteiger partial charge in [0.05, 0.1) is 0 Å². The summed E-state index contributed by atoms with van der Waals surface area (Å²) in [6.07, 6.45) is 1.03. The Morgan fingerprint density at radius 1 is 1.09 bits per heavy atom. The second-order valence-electron chi connectivity index (χ2n) is 6.04. The fourth-order valence-electron chi connectivity index (χ4n) is 2.06. The smallest absolute Gasteiger partial charge is 0.191 e. The fourth-order valence-corrected chi connectivity index (χ4v) is 2.06. The molecule has 2 N–H and O–H groups in total. The lowest BCUT2D eigenvalue weighted by molar-refractivity contribution is 0.290. The van der Waals surface area contributed by atoms with Gasteiger partial charge in [-0.15, -0.1) is 24.0 Å². The summed E-state index contributed by atoms with van der Waals surface area (Å²) < 4.78 is 0. The van der Waals surface area contributed by atoms with E-state index >= 15 is 0 Å². The van der Waals surface area contributed by atoms with Crippen molar-refractivity contribution < 1.29 is 0 Å². The van der Waals surface area contributed by atoms with E-state index in [1.807, 2.05) is 7.05 Å². The Labute approximate surface area is 152 Å². The summed E-state index contributed by atoms with van der Waals surface area (Å²) in [5, 5.41) is 6.77. The molecule has 0 amide bonds. The number of benzene rings is 1. The molecule has 4 nitrogen and oxygen atoms in total. The van der Waals surface area contributed by atoms with Gasteiger partial charge < -0.3 is 15.5 Å². The van der Waals surface area contributed by atoms with Gasteiger partial charge in [0.2, 0.25) is 0 Å². The third kappa shape index (κ3) is 8.58. The van der Waals surface area contributed by atoms with Crippen LogP contribution in [-0.2, 0) is 6.42 Å². The zero-order valence-corrected chi connectivity index (χ0v) is 16.8. The molecule has 1 unspecified atom stereocenters. The average Bonchev–Trinajstić information content (AvgIpc) is 2.46. The van der Waals surface area contributed by atoms with Crippen molar-refractivity contribution in [3.8, 4) is 0 Å². The molecule has 0 aliphatic rings. The number of nitrogens with one attached hydrogen (secondary N) is 2. The number of halogens is 1. The Morgan fingerprint density at radius 2 is 1.68 bits per heavy atom. The van der Waals surface area contributed by atoms with E-state index < -0.39 is 0 Å². The molecule has 0 aliphatic carbocycles. The van der Waals surface area contributed by atoms with Crippen LogP contribution in [0.5, 0.6) is 0 Å². The second kappa shape index (κ2) is 11.7. The van der Waals surface area contributed by atoms with Crippen LogP contribution in [0.1, 0.15) is 19.4 Å². The van der Waals surface area contributed by atoms with Crippen LogP contribution in [-0.4, -0.2) is 51.1 Å². The molecule has 126 valence electrons. The lowest BCUT2D eigenvalue weighted by atomic mass is 10.1. The first-order valence-corrected chi connectivity index (χ1v) is 7.67. The molecule has 0 heterocycles. The number of nitrogens with zero attached hydrogens (tertiary/aromatic N) is 2. The standard InChI is InChI=1S/C17H30N4.HI/c1-14(2)12-19-17(18-3)20-13-16(21(4)5)11-15-9-7-6-8-10-15;/h6-10,14,16H,11-13H2,1-5H3,(H2,18,19,20);1H. The average molecular weight is 418 g/mol. The van der Waals surface area contributed by atoms with Gasteiger partial charge in [-0.3, -0.25) is 4.99 Å². The van der Waals surface area contributed by atoms with Gasteiger partial charge in [0.15, 0.2) is 5.96 Å². The molecule has 0 spiro atoms. The number of aliphatic imine (C=N–C) groups is 1. The van der Waals surface area contributed by atoms with Crippen LogP contribution in [0.25, 0.3) is 0 Å². The highest BCUT2D eigenvalue weighted by Gasteiger charge is 2.13. The van der Waals surface area contributed by atoms with Crippen LogP contribution in [0, 0.1) is 5.92 Å². The van der Waals surface area contributed by atoms with Gasteiger partial charge in [-0.05, 0) is 32.0 Å². The minimum absolute atomic E-state index is 0. The van der Waals surface area contributed by atoms with Gasteiger partial charge in [0.1, 0.15) is 0 Å². The predicted molar refractivity (Wildman–Crippen MR) is 107 cm³/mol. The van der Waals surface area contributed by atoms with E-state index in [9.17, 15) is 0 Å². The lowest BCUT2D eigenvalue weighted by Crippen LogP contribution is -2.46. The van der Waals surface area contributed by atoms with E-state index in [2.05, 4.69) is 78.8 Å². The molecule has 5 heteroatoms. The van der Waals surface area contributed by atoms with Crippen LogP contribution >= 0.6 is 24.0 Å². The SMILES string of the molecule is CN=C(NCC(C)C)NCC(Cc1ccccc1)N(C)C.I. The molecular weight excluding hydrogens is 387 g/mol. The topological polar surface area (TPSA) is 39.7 Å². The highest BCUT2D eigenvalue weighted by molar-refractivity contribution is 14.0. The maximum Gasteiger partial charge on any atom is 0.191 e. The lowest BCUT2D eigenvalue weighted by Gasteiger charge is -2.26. The third-order valence-electron chi connectivity index (χ3n) is 3.45. The molecule has 1 aromatic rings. The van der Waals surface area contributed by atoms with E-state index in [4.69, 9.17) is 0 Å². The molecule has 0 saturated carbocycles. The van der Waals surface area contributed by atoms with Crippen molar-refractivity contribution in [3.63, 3.8) is 0 Å². The first kappa shape index (κ1) is 21.2. The van der Waals surface area contributed by atoms with Crippen LogP contribution in [0.15, 0.2) is 35.3 Å². The van der Waals surface area contributed by atoms with E-state index in [0.29, 0.717) is 12.0 Å². The molecule has 1 aromatic carbocycles. The van der Waals surface area contributed by atoms with Crippen molar-refractivity contribution in [2.24, 2.45) is 10.9 Å². The quantitative estimate of drug-likeness (QED) is 0.406. The summed E-state index contributed by atoms with van der Waals surface area (Å²) in [6, 6.07) is 11.1. The summed E-state index contributed by atoms with van der Waals surface area (Å²) >= 11 is 0. The van der Waals surface area contributed by atoms with Gasteiger partial charge in [-0.25, -0.2) is 0 Å². The largest absolute Gasteiger partial charge is 0.356 e. The van der Waals surface area contributed by atoms with Gasteiger partial charge in [0, 0.05) is 26.2 Å². The summed E-state index contributed by atoms with van der Waals surface area (Å²) in [7, 11) is 6.07. The van der Waals surface area contributed by atoms with Crippen LogP contribution in [0.3, 0.4) is 0 Å². The van der Waals surface area contributed by atoms with Gasteiger partial charge in [0.25, 0.3) is 0 Å². The van der Waals surface area contributed by atoms with Crippen molar-refractivity contribution in [1.82, 2.24) is 15.5 Å². The molecular formula is C17H31IN4. The Morgan fingerprint density at radius 3 is 2.18 bits per heavy atom. The second-order valence-corrected chi connectivity index (χ2v) is 6.04. The summed E-state index contributed by atoms with van der Waals surface area (Å²) in [5.74, 6) is 1.49. The Kier molecular flexibility index (Phi) is 11.3. The number of hydrogen-bond donors (Lipinski definition) is 2. The van der Waals surface area contributed by atoms with Crippen LogP contribution in [0.2, 0.25) is 0 Å². The molecule has 22 heavy (non-hydrogen) atoms. The first-order valence-electron chi connectivity index (χ1n) is 7.67. The highest BCUT2D eigenvalue weighted by Crippen LogP contribution is 2.06. The molecule has 1 atom stereocenters. The highest BCUT2D eigenvalue weighted by atomic mass is 127. The minimum Gasteiger partial charge on any atom is -0.356 e. The normalized spacial score (nSPS) is 13.0. The first-order chi connectivity index (χ1) is 10.0. The molecule has 0 bridgehead atoms. The Balaban J connectivity index is 0.00000441. The van der Waals surface area contributed by atoms with Crippen molar-refractivity contribution in [2.45, 2.75) is 26.3 Å². The van der Waals surface area contributed by atoms with E-state index in [1.54, 1.807) is 0 Å². The Hall–Kier alpha value is -0.820. The molecule has 0 aromatic heterocycles. The molecule has 1 rings (SSSR count). The third-order valence-corrected chi connectivity index (χ3v) is 3.45. The fraction of sp³-hybridized carbons (Fsp3) is 0.588. The van der Waals surface area contributed by atoms with Crippen molar-refractivity contribution in [2.75, 3.05) is 34.2 Å². The van der Waals surface area contributed by atoms with Gasteiger partial charge >= 0.3 is 0 Å². The molecule has 0 aliphatic heterocycles. The zero-order valence-electron chi connectivity index (χ0n) is 14.5. The number of likely N-dealkylation sites (N-methyl/N-ethyl adjacent to an activating group) is 1. The number of rotatable bonds is 7. The van der Waals surface area contributed by atoms with Crippen molar-refractivity contribution >= 4 is 29.9 Å². The summed E-state index contributed by atoms with van der Waals surface area (Å²) in [5.41, 5.74) is 1.36. The van der Waals surface area contributed by atoms with Gasteiger partial charge in [-0.2, -0.15) is 0 Å². The number of hydrogen-bond acceptors (Lipinski definition) is 2. The molecule has 0 fully saturated rings. The van der Waals surface area contributed by atoms with Crippen molar-refractivity contribution in [3.05, 3.63) is 35.9 Å². The monoisotopic (exact) mass is 418 g/mol. The zero-order chi connectivity index (χ0) is 15.7. The maximum absolute atomic E-state index is 4.27. The number of guanidine groups is 1. The van der Waals surface area contributed by atoms with Crippen LogP contribution < -0.4 is 10.6 Å². The van der Waals surface area contributed by atoms with Gasteiger partial charge in [-0.1, -0.05) is 44.2 Å².